The summed E-state index contributed by atoms with van der Waals surface area (Å²) < 4.78 is 24.9. The van der Waals surface area contributed by atoms with Gasteiger partial charge in [-0.15, -0.1) is 0 Å². The van der Waals surface area contributed by atoms with Gasteiger partial charge in [-0.1, -0.05) is 27.7 Å². The molecule has 0 fully saturated rings. The Morgan fingerprint density at radius 3 is 2.10 bits per heavy atom. The topological polar surface area (TPSA) is 95.5 Å². The van der Waals surface area contributed by atoms with Gasteiger partial charge in [-0.25, -0.2) is 13.1 Å². The number of carbonyl (C=O) groups excluding carboxylic acids is 1. The van der Waals surface area contributed by atoms with Crippen molar-refractivity contribution in [3.63, 3.8) is 0 Å². The molecule has 1 amide bonds. The summed E-state index contributed by atoms with van der Waals surface area (Å²) in [6, 6.07) is -0.803. The van der Waals surface area contributed by atoms with E-state index in [9.17, 15) is 18.3 Å². The molecule has 0 spiro atoms. The quantitative estimate of drug-likeness (QED) is 0.582. The fraction of sp³-hybridized carbons (Fsp3) is 0.923. The second kappa shape index (κ2) is 7.95. The molecule has 0 aromatic rings. The van der Waals surface area contributed by atoms with Crippen LogP contribution in [0.5, 0.6) is 0 Å². The first kappa shape index (κ1) is 19.3. The molecule has 0 aliphatic carbocycles. The predicted molar refractivity (Wildman–Crippen MR) is 79.8 cm³/mol. The molecule has 1 atom stereocenters. The number of carbonyl (C=O) groups is 1. The van der Waals surface area contributed by atoms with E-state index in [1.54, 1.807) is 0 Å². The van der Waals surface area contributed by atoms with E-state index < -0.39 is 27.6 Å². The minimum Gasteiger partial charge on any atom is -0.388 e. The fourth-order valence-corrected chi connectivity index (χ4v) is 2.53. The number of hydrogen-bond donors (Lipinski definition) is 3. The molecule has 0 saturated heterocycles. The normalized spacial score (nSPS) is 14.3. The zero-order chi connectivity index (χ0) is 16.0. The maximum absolute atomic E-state index is 12.1. The monoisotopic (exact) mass is 308 g/mol. The minimum absolute atomic E-state index is 0.124. The van der Waals surface area contributed by atoms with Gasteiger partial charge in [0, 0.05) is 6.54 Å². The van der Waals surface area contributed by atoms with Crippen LogP contribution in [0.25, 0.3) is 0 Å². The van der Waals surface area contributed by atoms with Crippen LogP contribution in [0.4, 0.5) is 0 Å². The molecule has 3 N–H and O–H groups in total. The van der Waals surface area contributed by atoms with Crippen molar-refractivity contribution in [3.05, 3.63) is 0 Å². The summed E-state index contributed by atoms with van der Waals surface area (Å²) in [4.78, 5) is 12.1. The Kier molecular flexibility index (Phi) is 7.69. The minimum atomic E-state index is -3.45. The molecule has 0 aliphatic heterocycles. The van der Waals surface area contributed by atoms with Crippen molar-refractivity contribution in [1.29, 1.82) is 0 Å². The van der Waals surface area contributed by atoms with Crippen LogP contribution >= 0.6 is 0 Å². The van der Waals surface area contributed by atoms with Gasteiger partial charge in [0.05, 0.1) is 11.9 Å². The standard InChI is InChI=1S/C13H28N2O4S/c1-6-13(17,7-2)9-14-12(16)11(8-10(3)4)15-20(5,18)19/h10-11,15,17H,6-9H2,1-5H3,(H,14,16). The van der Waals surface area contributed by atoms with Crippen LogP contribution in [0.1, 0.15) is 47.0 Å². The Hall–Kier alpha value is -0.660. The SMILES string of the molecule is CCC(O)(CC)CNC(=O)C(CC(C)C)NS(C)(=O)=O. The van der Waals surface area contributed by atoms with Gasteiger partial charge in [-0.05, 0) is 25.2 Å². The fourth-order valence-electron chi connectivity index (χ4n) is 1.81. The zero-order valence-electron chi connectivity index (χ0n) is 13.1. The molecule has 0 rings (SSSR count). The zero-order valence-corrected chi connectivity index (χ0v) is 13.9. The van der Waals surface area contributed by atoms with E-state index >= 15 is 0 Å². The average molecular weight is 308 g/mol. The largest absolute Gasteiger partial charge is 0.388 e. The van der Waals surface area contributed by atoms with Crippen LogP contribution in [0.3, 0.4) is 0 Å². The van der Waals surface area contributed by atoms with E-state index in [4.69, 9.17) is 0 Å². The first-order valence-corrected chi connectivity index (χ1v) is 8.89. The highest BCUT2D eigenvalue weighted by atomic mass is 32.2. The van der Waals surface area contributed by atoms with Crippen LogP contribution in [0.2, 0.25) is 0 Å². The number of hydrogen-bond acceptors (Lipinski definition) is 4. The molecule has 7 heteroatoms. The number of aliphatic hydroxyl groups is 1. The van der Waals surface area contributed by atoms with Gasteiger partial charge < -0.3 is 10.4 Å². The second-order valence-electron chi connectivity index (χ2n) is 5.72. The Morgan fingerprint density at radius 1 is 1.25 bits per heavy atom. The molecule has 20 heavy (non-hydrogen) atoms. The van der Waals surface area contributed by atoms with Crippen LogP contribution in [-0.2, 0) is 14.8 Å². The molecule has 0 heterocycles. The molecule has 0 aliphatic rings. The molecular weight excluding hydrogens is 280 g/mol. The maximum atomic E-state index is 12.1. The lowest BCUT2D eigenvalue weighted by atomic mass is 9.97. The summed E-state index contributed by atoms with van der Waals surface area (Å²) in [5.41, 5.74) is -0.941. The maximum Gasteiger partial charge on any atom is 0.238 e. The van der Waals surface area contributed by atoms with Gasteiger partial charge in [-0.3, -0.25) is 4.79 Å². The summed E-state index contributed by atoms with van der Waals surface area (Å²) >= 11 is 0. The average Bonchev–Trinajstić information content (AvgIpc) is 2.32. The predicted octanol–water partition coefficient (Wildman–Crippen LogP) is 0.618. The molecule has 0 radical (unpaired) electrons. The highest BCUT2D eigenvalue weighted by Gasteiger charge is 2.27. The van der Waals surface area contributed by atoms with Gasteiger partial charge in [0.25, 0.3) is 0 Å². The van der Waals surface area contributed by atoms with Gasteiger partial charge >= 0.3 is 0 Å². The van der Waals surface area contributed by atoms with Crippen molar-refractivity contribution >= 4 is 15.9 Å². The van der Waals surface area contributed by atoms with Crippen LogP contribution < -0.4 is 10.0 Å². The first-order valence-electron chi connectivity index (χ1n) is 7.00. The van der Waals surface area contributed by atoms with Crippen molar-refractivity contribution < 1.29 is 18.3 Å². The summed E-state index contributed by atoms with van der Waals surface area (Å²) in [7, 11) is -3.45. The smallest absolute Gasteiger partial charge is 0.238 e. The van der Waals surface area contributed by atoms with Gasteiger partial charge in [0.2, 0.25) is 15.9 Å². The van der Waals surface area contributed by atoms with Gasteiger partial charge in [0.15, 0.2) is 0 Å². The van der Waals surface area contributed by atoms with Crippen molar-refractivity contribution in [3.8, 4) is 0 Å². The summed E-state index contributed by atoms with van der Waals surface area (Å²) in [5.74, 6) is -0.222. The highest BCUT2D eigenvalue weighted by molar-refractivity contribution is 7.88. The van der Waals surface area contributed by atoms with Crippen molar-refractivity contribution in [2.45, 2.75) is 58.6 Å². The molecule has 0 aromatic carbocycles. The van der Waals surface area contributed by atoms with Gasteiger partial charge in [0.1, 0.15) is 6.04 Å². The lowest BCUT2D eigenvalue weighted by molar-refractivity contribution is -0.124. The Balaban J connectivity index is 4.71. The van der Waals surface area contributed by atoms with E-state index in [1.165, 1.54) is 0 Å². The Morgan fingerprint density at radius 2 is 1.75 bits per heavy atom. The molecule has 0 aromatic heterocycles. The van der Waals surface area contributed by atoms with Crippen LogP contribution in [0, 0.1) is 5.92 Å². The van der Waals surface area contributed by atoms with Crippen molar-refractivity contribution in [2.75, 3.05) is 12.8 Å². The number of nitrogens with one attached hydrogen (secondary N) is 2. The Bertz CT molecular complexity index is 403. The van der Waals surface area contributed by atoms with Gasteiger partial charge in [-0.2, -0.15) is 0 Å². The summed E-state index contributed by atoms with van der Waals surface area (Å²) in [5, 5.41) is 12.8. The number of sulfonamides is 1. The molecule has 1 unspecified atom stereocenters. The molecule has 120 valence electrons. The van der Waals surface area contributed by atoms with E-state index in [-0.39, 0.29) is 12.5 Å². The molecular formula is C13H28N2O4S. The molecule has 6 nitrogen and oxygen atoms in total. The third kappa shape index (κ3) is 7.81. The van der Waals surface area contributed by atoms with E-state index in [0.29, 0.717) is 19.3 Å². The third-order valence-electron chi connectivity index (χ3n) is 3.29. The van der Waals surface area contributed by atoms with Crippen LogP contribution in [0.15, 0.2) is 0 Å². The third-order valence-corrected chi connectivity index (χ3v) is 4.00. The van der Waals surface area contributed by atoms with E-state index in [2.05, 4.69) is 10.0 Å². The highest BCUT2D eigenvalue weighted by Crippen LogP contribution is 2.13. The summed E-state index contributed by atoms with van der Waals surface area (Å²) in [6.07, 6.45) is 2.49. The van der Waals surface area contributed by atoms with Crippen molar-refractivity contribution in [2.24, 2.45) is 5.92 Å². The lowest BCUT2D eigenvalue weighted by Gasteiger charge is -2.27. The number of amides is 1. The van der Waals surface area contributed by atoms with Crippen molar-refractivity contribution in [1.82, 2.24) is 10.0 Å². The summed E-state index contributed by atoms with van der Waals surface area (Å²) in [6.45, 7) is 7.64. The molecule has 0 bridgehead atoms. The van der Waals surface area contributed by atoms with E-state index in [0.717, 1.165) is 6.26 Å². The second-order valence-corrected chi connectivity index (χ2v) is 7.50. The molecule has 0 saturated carbocycles. The number of rotatable bonds is 9. The first-order chi connectivity index (χ1) is 9.03. The Labute approximate surface area is 122 Å². The lowest BCUT2D eigenvalue weighted by Crippen LogP contribution is -2.51. The van der Waals surface area contributed by atoms with E-state index in [1.807, 2.05) is 27.7 Å². The van der Waals surface area contributed by atoms with Crippen LogP contribution in [-0.4, -0.2) is 43.9 Å².